The Morgan fingerprint density at radius 2 is 1.89 bits per heavy atom. The van der Waals surface area contributed by atoms with Crippen molar-refractivity contribution in [2.45, 2.75) is 18.9 Å². The van der Waals surface area contributed by atoms with Gasteiger partial charge in [0.25, 0.3) is 0 Å². The van der Waals surface area contributed by atoms with Crippen LogP contribution in [0.1, 0.15) is 23.7 Å². The van der Waals surface area contributed by atoms with Crippen molar-refractivity contribution in [3.8, 4) is 0 Å². The van der Waals surface area contributed by atoms with Gasteiger partial charge in [0.2, 0.25) is 0 Å². The van der Waals surface area contributed by atoms with Crippen LogP contribution in [0.25, 0.3) is 0 Å². The molecular weight excluding hydrogens is 236 g/mol. The van der Waals surface area contributed by atoms with Crippen LogP contribution in [0.15, 0.2) is 42.7 Å². The number of aliphatic hydroxyl groups excluding tert-OH is 1. The van der Waals surface area contributed by atoms with Crippen LogP contribution in [0.4, 0.5) is 8.78 Å². The Kier molecular flexibility index (Phi) is 3.99. The SMILES string of the molecule is OC(CCc1cccnc1)c1cc(F)cc(F)c1. The van der Waals surface area contributed by atoms with Crippen molar-refractivity contribution < 1.29 is 13.9 Å². The Bertz CT molecular complexity index is 496. The van der Waals surface area contributed by atoms with Crippen molar-refractivity contribution in [3.63, 3.8) is 0 Å². The summed E-state index contributed by atoms with van der Waals surface area (Å²) in [5.41, 5.74) is 1.24. The number of halogens is 2. The summed E-state index contributed by atoms with van der Waals surface area (Å²) in [6.07, 6.45) is 3.50. The number of aromatic nitrogens is 1. The molecule has 0 aliphatic heterocycles. The summed E-state index contributed by atoms with van der Waals surface area (Å²) >= 11 is 0. The molecular formula is C14H13F2NO. The van der Waals surface area contributed by atoms with Crippen molar-refractivity contribution in [1.29, 1.82) is 0 Å². The van der Waals surface area contributed by atoms with Crippen molar-refractivity contribution in [3.05, 3.63) is 65.5 Å². The molecule has 1 heterocycles. The van der Waals surface area contributed by atoms with Gasteiger partial charge in [-0.05, 0) is 42.2 Å². The quantitative estimate of drug-likeness (QED) is 0.903. The first-order chi connectivity index (χ1) is 8.65. The molecule has 0 spiro atoms. The standard InChI is InChI=1S/C14H13F2NO/c15-12-6-11(7-13(16)8-12)14(18)4-3-10-2-1-5-17-9-10/h1-2,5-9,14,18H,3-4H2. The molecule has 4 heteroatoms. The molecule has 1 atom stereocenters. The molecule has 0 saturated carbocycles. The summed E-state index contributed by atoms with van der Waals surface area (Å²) in [5.74, 6) is -1.35. The molecule has 0 aliphatic carbocycles. The summed E-state index contributed by atoms with van der Waals surface area (Å²) < 4.78 is 26.0. The maximum atomic E-state index is 13.0. The second kappa shape index (κ2) is 5.69. The number of rotatable bonds is 4. The van der Waals surface area contributed by atoms with E-state index in [1.165, 1.54) is 0 Å². The normalized spacial score (nSPS) is 12.4. The maximum Gasteiger partial charge on any atom is 0.126 e. The smallest absolute Gasteiger partial charge is 0.126 e. The summed E-state index contributed by atoms with van der Waals surface area (Å²) in [4.78, 5) is 3.96. The zero-order chi connectivity index (χ0) is 13.0. The number of benzene rings is 1. The molecule has 2 rings (SSSR count). The number of aryl methyl sites for hydroxylation is 1. The molecule has 1 unspecified atom stereocenters. The average Bonchev–Trinajstić information content (AvgIpc) is 2.36. The van der Waals surface area contributed by atoms with E-state index in [9.17, 15) is 13.9 Å². The Hall–Kier alpha value is -1.81. The van der Waals surface area contributed by atoms with Gasteiger partial charge >= 0.3 is 0 Å². The van der Waals surface area contributed by atoms with Gasteiger partial charge in [0.05, 0.1) is 6.10 Å². The van der Waals surface area contributed by atoms with E-state index in [-0.39, 0.29) is 5.56 Å². The average molecular weight is 249 g/mol. The first-order valence-electron chi connectivity index (χ1n) is 5.68. The highest BCUT2D eigenvalue weighted by atomic mass is 19.1. The summed E-state index contributed by atoms with van der Waals surface area (Å²) in [6.45, 7) is 0. The van der Waals surface area contributed by atoms with Crippen molar-refractivity contribution in [1.82, 2.24) is 4.98 Å². The van der Waals surface area contributed by atoms with Gasteiger partial charge in [0.15, 0.2) is 0 Å². The molecule has 1 aromatic heterocycles. The predicted molar refractivity (Wildman–Crippen MR) is 63.9 cm³/mol. The molecule has 1 N–H and O–H groups in total. The van der Waals surface area contributed by atoms with E-state index >= 15 is 0 Å². The van der Waals surface area contributed by atoms with Crippen LogP contribution in [-0.4, -0.2) is 10.1 Å². The lowest BCUT2D eigenvalue weighted by molar-refractivity contribution is 0.167. The lowest BCUT2D eigenvalue weighted by Gasteiger charge is -2.11. The predicted octanol–water partition coefficient (Wildman–Crippen LogP) is 3.03. The largest absolute Gasteiger partial charge is 0.388 e. The Morgan fingerprint density at radius 1 is 1.17 bits per heavy atom. The lowest BCUT2D eigenvalue weighted by atomic mass is 10.0. The minimum atomic E-state index is -0.879. The van der Waals surface area contributed by atoms with Gasteiger partial charge in [-0.25, -0.2) is 8.78 Å². The molecule has 0 bridgehead atoms. The molecule has 0 fully saturated rings. The molecule has 0 amide bonds. The summed E-state index contributed by atoms with van der Waals surface area (Å²) in [5, 5.41) is 9.88. The molecule has 0 aliphatic rings. The third kappa shape index (κ3) is 3.34. The van der Waals surface area contributed by atoms with Crippen LogP contribution < -0.4 is 0 Å². The van der Waals surface area contributed by atoms with Crippen LogP contribution in [0.3, 0.4) is 0 Å². The molecule has 2 aromatic rings. The third-order valence-electron chi connectivity index (χ3n) is 2.70. The topological polar surface area (TPSA) is 33.1 Å². The van der Waals surface area contributed by atoms with Crippen LogP contribution >= 0.6 is 0 Å². The van der Waals surface area contributed by atoms with Gasteiger partial charge in [-0.3, -0.25) is 4.98 Å². The highest BCUT2D eigenvalue weighted by Crippen LogP contribution is 2.20. The fourth-order valence-corrected chi connectivity index (χ4v) is 1.78. The number of hydrogen-bond donors (Lipinski definition) is 1. The van der Waals surface area contributed by atoms with E-state index in [0.717, 1.165) is 23.8 Å². The molecule has 18 heavy (non-hydrogen) atoms. The lowest BCUT2D eigenvalue weighted by Crippen LogP contribution is -2.01. The van der Waals surface area contributed by atoms with Crippen LogP contribution in [0.2, 0.25) is 0 Å². The van der Waals surface area contributed by atoms with Crippen LogP contribution in [-0.2, 0) is 6.42 Å². The molecule has 1 aromatic carbocycles. The number of nitrogens with zero attached hydrogens (tertiary/aromatic N) is 1. The van der Waals surface area contributed by atoms with Crippen molar-refractivity contribution in [2.75, 3.05) is 0 Å². The Balaban J connectivity index is 2.01. The highest BCUT2D eigenvalue weighted by Gasteiger charge is 2.10. The summed E-state index contributed by atoms with van der Waals surface area (Å²) in [6, 6.07) is 6.79. The molecule has 0 saturated heterocycles. The van der Waals surface area contributed by atoms with E-state index < -0.39 is 17.7 Å². The van der Waals surface area contributed by atoms with E-state index in [2.05, 4.69) is 4.98 Å². The molecule has 94 valence electrons. The highest BCUT2D eigenvalue weighted by molar-refractivity contribution is 5.20. The van der Waals surface area contributed by atoms with E-state index in [0.29, 0.717) is 12.8 Å². The zero-order valence-electron chi connectivity index (χ0n) is 9.68. The summed E-state index contributed by atoms with van der Waals surface area (Å²) in [7, 11) is 0. The number of aliphatic hydroxyl groups is 1. The monoisotopic (exact) mass is 249 g/mol. The zero-order valence-corrected chi connectivity index (χ0v) is 9.68. The van der Waals surface area contributed by atoms with Crippen LogP contribution in [0.5, 0.6) is 0 Å². The third-order valence-corrected chi connectivity index (χ3v) is 2.70. The van der Waals surface area contributed by atoms with Gasteiger partial charge in [0, 0.05) is 18.5 Å². The van der Waals surface area contributed by atoms with Gasteiger partial charge in [-0.1, -0.05) is 6.07 Å². The maximum absolute atomic E-state index is 13.0. The van der Waals surface area contributed by atoms with Gasteiger partial charge < -0.3 is 5.11 Å². The van der Waals surface area contributed by atoms with Gasteiger partial charge in [-0.2, -0.15) is 0 Å². The van der Waals surface area contributed by atoms with Crippen molar-refractivity contribution in [2.24, 2.45) is 0 Å². The van der Waals surface area contributed by atoms with Gasteiger partial charge in [0.1, 0.15) is 11.6 Å². The van der Waals surface area contributed by atoms with E-state index in [1.807, 2.05) is 12.1 Å². The van der Waals surface area contributed by atoms with Crippen molar-refractivity contribution >= 4 is 0 Å². The fraction of sp³-hybridized carbons (Fsp3) is 0.214. The van der Waals surface area contributed by atoms with Gasteiger partial charge in [-0.15, -0.1) is 0 Å². The van der Waals surface area contributed by atoms with Crippen LogP contribution in [0, 0.1) is 11.6 Å². The van der Waals surface area contributed by atoms with E-state index in [4.69, 9.17) is 0 Å². The second-order valence-electron chi connectivity index (χ2n) is 4.12. The first kappa shape index (κ1) is 12.6. The first-order valence-corrected chi connectivity index (χ1v) is 5.68. The molecule has 2 nitrogen and oxygen atoms in total. The van der Waals surface area contributed by atoms with E-state index in [1.54, 1.807) is 12.4 Å². The fourth-order valence-electron chi connectivity index (χ4n) is 1.78. The Labute approximate surface area is 104 Å². The number of hydrogen-bond acceptors (Lipinski definition) is 2. The molecule has 0 radical (unpaired) electrons. The Morgan fingerprint density at radius 3 is 2.50 bits per heavy atom. The minimum absolute atomic E-state index is 0.261. The second-order valence-corrected chi connectivity index (χ2v) is 4.12. The minimum Gasteiger partial charge on any atom is -0.388 e. The number of pyridine rings is 1.